The maximum absolute atomic E-state index is 8.72. The van der Waals surface area contributed by atoms with Gasteiger partial charge in [-0.05, 0) is 37.5 Å². The monoisotopic (exact) mass is 271 g/mol. The summed E-state index contributed by atoms with van der Waals surface area (Å²) < 4.78 is 6.81. The second-order valence-corrected chi connectivity index (χ2v) is 4.67. The van der Waals surface area contributed by atoms with E-state index in [1.54, 1.807) is 0 Å². The molecule has 0 saturated heterocycles. The summed E-state index contributed by atoms with van der Waals surface area (Å²) in [5.74, 6) is 0.865. The first kappa shape index (κ1) is 10.9. The normalized spacial score (nSPS) is 16.1. The molecule has 1 aromatic rings. The van der Waals surface area contributed by atoms with Crippen molar-refractivity contribution < 1.29 is 9.94 Å². The average Bonchev–Trinajstić information content (AvgIpc) is 2.14. The minimum absolute atomic E-state index is 0.364. The summed E-state index contributed by atoms with van der Waals surface area (Å²) in [5.41, 5.74) is 3.13. The number of hydroxylamine groups is 1. The molecule has 2 N–H and O–H groups in total. The highest BCUT2D eigenvalue weighted by atomic mass is 79.9. The predicted molar refractivity (Wildman–Crippen MR) is 61.0 cm³/mol. The third-order valence-electron chi connectivity index (χ3n) is 2.64. The first-order valence-corrected chi connectivity index (χ1v) is 5.91. The zero-order valence-electron chi connectivity index (χ0n) is 8.37. The van der Waals surface area contributed by atoms with Gasteiger partial charge in [-0.25, -0.2) is 5.48 Å². The zero-order chi connectivity index (χ0) is 10.7. The number of hydrogen-bond acceptors (Lipinski definition) is 3. The molecule has 2 rings (SSSR count). The molecule has 4 heteroatoms. The third-order valence-corrected chi connectivity index (χ3v) is 3.13. The van der Waals surface area contributed by atoms with Crippen molar-refractivity contribution in [1.82, 2.24) is 5.48 Å². The highest BCUT2D eigenvalue weighted by molar-refractivity contribution is 9.10. The summed E-state index contributed by atoms with van der Waals surface area (Å²) >= 11 is 3.40. The lowest BCUT2D eigenvalue weighted by Crippen LogP contribution is -2.25. The average molecular weight is 272 g/mol. The van der Waals surface area contributed by atoms with Gasteiger partial charge in [0.15, 0.2) is 0 Å². The topological polar surface area (TPSA) is 41.5 Å². The molecular weight excluding hydrogens is 258 g/mol. The van der Waals surface area contributed by atoms with Crippen LogP contribution in [0.4, 0.5) is 0 Å². The Balaban J connectivity index is 2.12. The number of hydrogen-bond donors (Lipinski definition) is 2. The van der Waals surface area contributed by atoms with E-state index in [4.69, 9.17) is 9.94 Å². The second-order valence-electron chi connectivity index (χ2n) is 3.76. The molecule has 0 aliphatic heterocycles. The van der Waals surface area contributed by atoms with Crippen LogP contribution < -0.4 is 10.2 Å². The minimum atomic E-state index is 0.364. The number of rotatable bonds is 4. The highest BCUT2D eigenvalue weighted by Crippen LogP contribution is 2.29. The Hall–Kier alpha value is -0.580. The molecule has 15 heavy (non-hydrogen) atoms. The van der Waals surface area contributed by atoms with Crippen molar-refractivity contribution in [3.05, 3.63) is 28.2 Å². The maximum Gasteiger partial charge on any atom is 0.124 e. The van der Waals surface area contributed by atoms with Crippen LogP contribution in [0.2, 0.25) is 0 Å². The zero-order valence-corrected chi connectivity index (χ0v) is 9.96. The van der Waals surface area contributed by atoms with Gasteiger partial charge in [-0.2, -0.15) is 0 Å². The molecule has 0 aromatic heterocycles. The van der Waals surface area contributed by atoms with Crippen LogP contribution in [-0.4, -0.2) is 11.3 Å². The van der Waals surface area contributed by atoms with Gasteiger partial charge in [-0.3, -0.25) is 0 Å². The molecule has 82 valence electrons. The lowest BCUT2D eigenvalue weighted by Gasteiger charge is -2.27. The molecule has 0 unspecified atom stereocenters. The largest absolute Gasteiger partial charge is 0.490 e. The van der Waals surface area contributed by atoms with Crippen LogP contribution in [0.5, 0.6) is 5.75 Å². The van der Waals surface area contributed by atoms with E-state index in [1.165, 1.54) is 6.42 Å². The fraction of sp³-hybridized carbons (Fsp3) is 0.455. The van der Waals surface area contributed by atoms with Gasteiger partial charge in [-0.1, -0.05) is 15.9 Å². The summed E-state index contributed by atoms with van der Waals surface area (Å²) in [4.78, 5) is 0. The molecule has 0 spiro atoms. The first-order valence-electron chi connectivity index (χ1n) is 5.11. The Morgan fingerprint density at radius 1 is 1.47 bits per heavy atom. The van der Waals surface area contributed by atoms with E-state index in [2.05, 4.69) is 21.4 Å². The van der Waals surface area contributed by atoms with Crippen molar-refractivity contribution in [2.45, 2.75) is 31.9 Å². The van der Waals surface area contributed by atoms with Gasteiger partial charge >= 0.3 is 0 Å². The second kappa shape index (κ2) is 4.96. The van der Waals surface area contributed by atoms with Gasteiger partial charge in [0.2, 0.25) is 0 Å². The molecule has 0 atom stereocenters. The van der Waals surface area contributed by atoms with Crippen LogP contribution in [0.15, 0.2) is 22.7 Å². The van der Waals surface area contributed by atoms with Crippen molar-refractivity contribution in [3.63, 3.8) is 0 Å². The van der Waals surface area contributed by atoms with Crippen LogP contribution in [0, 0.1) is 0 Å². The fourth-order valence-electron chi connectivity index (χ4n) is 1.55. The quantitative estimate of drug-likeness (QED) is 0.828. The number of halogens is 1. The number of nitrogens with one attached hydrogen (secondary N) is 1. The maximum atomic E-state index is 8.72. The Morgan fingerprint density at radius 2 is 2.27 bits per heavy atom. The van der Waals surface area contributed by atoms with Crippen LogP contribution in [-0.2, 0) is 6.54 Å². The van der Waals surface area contributed by atoms with E-state index < -0.39 is 0 Å². The molecule has 1 saturated carbocycles. The van der Waals surface area contributed by atoms with Gasteiger partial charge in [0.1, 0.15) is 5.75 Å². The van der Waals surface area contributed by atoms with Crippen molar-refractivity contribution >= 4 is 15.9 Å². The van der Waals surface area contributed by atoms with Crippen LogP contribution >= 0.6 is 15.9 Å². The lowest BCUT2D eigenvalue weighted by molar-refractivity contribution is 0.115. The molecule has 0 bridgehead atoms. The Bertz CT molecular complexity index is 339. The fourth-order valence-corrected chi connectivity index (χ4v) is 1.96. The smallest absolute Gasteiger partial charge is 0.124 e. The first-order chi connectivity index (χ1) is 7.29. The van der Waals surface area contributed by atoms with Gasteiger partial charge in [0, 0.05) is 16.6 Å². The van der Waals surface area contributed by atoms with E-state index in [9.17, 15) is 0 Å². The van der Waals surface area contributed by atoms with Crippen LogP contribution in [0.1, 0.15) is 24.8 Å². The van der Waals surface area contributed by atoms with Gasteiger partial charge in [-0.15, -0.1) is 0 Å². The standard InChI is InChI=1S/C11H14BrNO2/c12-9-4-5-11(8(6-9)7-13-14)15-10-2-1-3-10/h4-6,10,13-14H,1-3,7H2. The lowest BCUT2D eigenvalue weighted by atomic mass is 9.96. The Kier molecular flexibility index (Phi) is 3.61. The summed E-state index contributed by atoms with van der Waals surface area (Å²) in [7, 11) is 0. The predicted octanol–water partition coefficient (Wildman–Crippen LogP) is 2.86. The van der Waals surface area contributed by atoms with Crippen LogP contribution in [0.25, 0.3) is 0 Å². The van der Waals surface area contributed by atoms with E-state index in [1.807, 2.05) is 18.2 Å². The number of benzene rings is 1. The summed E-state index contributed by atoms with van der Waals surface area (Å²) in [6, 6.07) is 5.85. The highest BCUT2D eigenvalue weighted by Gasteiger charge is 2.20. The van der Waals surface area contributed by atoms with Gasteiger partial charge in [0.25, 0.3) is 0 Å². The van der Waals surface area contributed by atoms with E-state index in [0.29, 0.717) is 12.6 Å². The van der Waals surface area contributed by atoms with E-state index >= 15 is 0 Å². The molecular formula is C11H14BrNO2. The molecule has 0 amide bonds. The minimum Gasteiger partial charge on any atom is -0.490 e. The molecule has 1 aliphatic carbocycles. The van der Waals surface area contributed by atoms with Crippen molar-refractivity contribution in [3.8, 4) is 5.75 Å². The third kappa shape index (κ3) is 2.71. The Labute approximate surface area is 97.5 Å². The van der Waals surface area contributed by atoms with Crippen molar-refractivity contribution in [1.29, 1.82) is 0 Å². The summed E-state index contributed by atoms with van der Waals surface area (Å²) in [6.45, 7) is 0.404. The van der Waals surface area contributed by atoms with Crippen LogP contribution in [0.3, 0.4) is 0 Å². The SMILES string of the molecule is ONCc1cc(Br)ccc1OC1CCC1. The van der Waals surface area contributed by atoms with E-state index in [0.717, 1.165) is 28.6 Å². The summed E-state index contributed by atoms with van der Waals surface area (Å²) in [5, 5.41) is 8.72. The van der Waals surface area contributed by atoms with Crippen molar-refractivity contribution in [2.75, 3.05) is 0 Å². The molecule has 3 nitrogen and oxygen atoms in total. The molecule has 1 fully saturated rings. The summed E-state index contributed by atoms with van der Waals surface area (Å²) in [6.07, 6.45) is 3.91. The Morgan fingerprint density at radius 3 is 2.87 bits per heavy atom. The molecule has 1 aromatic carbocycles. The van der Waals surface area contributed by atoms with E-state index in [-0.39, 0.29) is 0 Å². The molecule has 0 radical (unpaired) electrons. The van der Waals surface area contributed by atoms with Gasteiger partial charge < -0.3 is 9.94 Å². The van der Waals surface area contributed by atoms with Gasteiger partial charge in [0.05, 0.1) is 6.10 Å². The van der Waals surface area contributed by atoms with Crippen molar-refractivity contribution in [2.24, 2.45) is 0 Å². The molecule has 1 aliphatic rings. The molecule has 0 heterocycles. The number of ether oxygens (including phenoxy) is 1.